The van der Waals surface area contributed by atoms with E-state index in [4.69, 9.17) is 6.42 Å². The fourth-order valence-electron chi connectivity index (χ4n) is 2.38. The van der Waals surface area contributed by atoms with Crippen LogP contribution in [-0.4, -0.2) is 15.3 Å². The lowest BCUT2D eigenvalue weighted by Gasteiger charge is -2.22. The van der Waals surface area contributed by atoms with Gasteiger partial charge in [0.05, 0.1) is 17.3 Å². The lowest BCUT2D eigenvalue weighted by molar-refractivity contribution is 0.327. The Bertz CT molecular complexity index is 419. The van der Waals surface area contributed by atoms with E-state index in [1.165, 1.54) is 32.1 Å². The van der Waals surface area contributed by atoms with E-state index in [0.717, 1.165) is 12.2 Å². The van der Waals surface area contributed by atoms with Gasteiger partial charge >= 0.3 is 0 Å². The molecule has 2 rings (SSSR count). The van der Waals surface area contributed by atoms with Gasteiger partial charge in [-0.1, -0.05) is 25.2 Å². The summed E-state index contributed by atoms with van der Waals surface area (Å²) in [7, 11) is 0. The molecule has 0 aliphatic heterocycles. The number of aromatic nitrogens is 2. The quantitative estimate of drug-likeness (QED) is 0.827. The maximum atomic E-state index is 5.45. The van der Waals surface area contributed by atoms with Crippen LogP contribution in [0.25, 0.3) is 0 Å². The molecule has 0 saturated heterocycles. The van der Waals surface area contributed by atoms with Crippen molar-refractivity contribution in [2.24, 2.45) is 0 Å². The minimum absolute atomic E-state index is 0.269. The summed E-state index contributed by atoms with van der Waals surface area (Å²) in [4.78, 5) is 0. The number of rotatable bonds is 4. The van der Waals surface area contributed by atoms with Crippen molar-refractivity contribution in [2.75, 3.05) is 0 Å². The fraction of sp³-hybridized carbons (Fsp3) is 0.667. The Hall–Kier alpha value is -1.27. The number of nitrogens with one attached hydrogen (secondary N) is 1. The smallest absolute Gasteiger partial charge is 0.0763 e. The van der Waals surface area contributed by atoms with Crippen molar-refractivity contribution in [2.45, 2.75) is 64.1 Å². The summed E-state index contributed by atoms with van der Waals surface area (Å²) < 4.78 is 2.14. The third-order valence-electron chi connectivity index (χ3n) is 3.68. The lowest BCUT2D eigenvalue weighted by Crippen LogP contribution is -2.37. The Morgan fingerprint density at radius 1 is 1.44 bits per heavy atom. The SMILES string of the molecule is C#CC(C)(C)NCc1ccn(C2CCCCC2)n1. The molecule has 1 N–H and O–H groups in total. The summed E-state index contributed by atoms with van der Waals surface area (Å²) in [6.45, 7) is 4.74. The highest BCUT2D eigenvalue weighted by Crippen LogP contribution is 2.27. The second-order valence-electron chi connectivity index (χ2n) is 5.70. The van der Waals surface area contributed by atoms with Gasteiger partial charge in [-0.15, -0.1) is 6.42 Å². The molecule has 3 heteroatoms. The predicted molar refractivity (Wildman–Crippen MR) is 74.1 cm³/mol. The third kappa shape index (κ3) is 3.36. The maximum Gasteiger partial charge on any atom is 0.0763 e. The van der Waals surface area contributed by atoms with Gasteiger partial charge in [-0.05, 0) is 32.8 Å². The van der Waals surface area contributed by atoms with Crippen LogP contribution >= 0.6 is 0 Å². The van der Waals surface area contributed by atoms with Crippen LogP contribution in [-0.2, 0) is 6.54 Å². The van der Waals surface area contributed by atoms with Crippen LogP contribution in [0.5, 0.6) is 0 Å². The van der Waals surface area contributed by atoms with E-state index in [0.29, 0.717) is 6.04 Å². The zero-order valence-electron chi connectivity index (χ0n) is 11.4. The van der Waals surface area contributed by atoms with Crippen molar-refractivity contribution in [3.63, 3.8) is 0 Å². The summed E-state index contributed by atoms with van der Waals surface area (Å²) in [6, 6.07) is 2.70. The van der Waals surface area contributed by atoms with Crippen LogP contribution in [0.15, 0.2) is 12.3 Å². The summed E-state index contributed by atoms with van der Waals surface area (Å²) >= 11 is 0. The molecule has 0 atom stereocenters. The van der Waals surface area contributed by atoms with Gasteiger partial charge in [-0.25, -0.2) is 0 Å². The van der Waals surface area contributed by atoms with E-state index in [1.807, 2.05) is 13.8 Å². The Morgan fingerprint density at radius 3 is 2.83 bits per heavy atom. The zero-order valence-corrected chi connectivity index (χ0v) is 11.4. The topological polar surface area (TPSA) is 29.9 Å². The molecule has 1 fully saturated rings. The monoisotopic (exact) mass is 245 g/mol. The molecule has 3 nitrogen and oxygen atoms in total. The van der Waals surface area contributed by atoms with E-state index in [-0.39, 0.29) is 5.54 Å². The molecule has 0 spiro atoms. The highest BCUT2D eigenvalue weighted by Gasteiger charge is 2.17. The molecule has 0 unspecified atom stereocenters. The normalized spacial score (nSPS) is 17.6. The van der Waals surface area contributed by atoms with Gasteiger partial charge in [-0.3, -0.25) is 10.00 Å². The Kier molecular flexibility index (Phi) is 4.08. The fourth-order valence-corrected chi connectivity index (χ4v) is 2.38. The molecule has 18 heavy (non-hydrogen) atoms. The van der Waals surface area contributed by atoms with Crippen molar-refractivity contribution in [3.8, 4) is 12.3 Å². The van der Waals surface area contributed by atoms with Gasteiger partial charge in [0.15, 0.2) is 0 Å². The molecule has 1 aliphatic carbocycles. The van der Waals surface area contributed by atoms with Gasteiger partial charge in [0.25, 0.3) is 0 Å². The van der Waals surface area contributed by atoms with Gasteiger partial charge < -0.3 is 0 Å². The van der Waals surface area contributed by atoms with Crippen LogP contribution in [0.4, 0.5) is 0 Å². The van der Waals surface area contributed by atoms with Crippen LogP contribution in [0, 0.1) is 12.3 Å². The second-order valence-corrected chi connectivity index (χ2v) is 5.70. The van der Waals surface area contributed by atoms with Gasteiger partial charge in [0, 0.05) is 12.7 Å². The zero-order chi connectivity index (χ0) is 13.0. The molecule has 98 valence electrons. The number of hydrogen-bond acceptors (Lipinski definition) is 2. The summed E-state index contributed by atoms with van der Waals surface area (Å²) in [6.07, 6.45) is 14.1. The molecule has 1 aromatic heterocycles. The average Bonchev–Trinajstić information content (AvgIpc) is 2.86. The van der Waals surface area contributed by atoms with Crippen molar-refractivity contribution in [3.05, 3.63) is 18.0 Å². The first kappa shape index (κ1) is 13.2. The summed E-state index contributed by atoms with van der Waals surface area (Å²) in [5, 5.41) is 7.99. The van der Waals surface area contributed by atoms with Crippen LogP contribution in [0.2, 0.25) is 0 Å². The van der Waals surface area contributed by atoms with Gasteiger partial charge in [0.2, 0.25) is 0 Å². The number of nitrogens with zero attached hydrogens (tertiary/aromatic N) is 2. The predicted octanol–water partition coefficient (Wildman–Crippen LogP) is 2.89. The highest BCUT2D eigenvalue weighted by molar-refractivity contribution is 5.09. The van der Waals surface area contributed by atoms with E-state index in [1.54, 1.807) is 0 Å². The molecular weight excluding hydrogens is 222 g/mol. The largest absolute Gasteiger partial charge is 0.296 e. The Balaban J connectivity index is 1.92. The third-order valence-corrected chi connectivity index (χ3v) is 3.68. The number of hydrogen-bond donors (Lipinski definition) is 1. The van der Waals surface area contributed by atoms with Crippen molar-refractivity contribution < 1.29 is 0 Å². The van der Waals surface area contributed by atoms with Crippen molar-refractivity contribution in [1.82, 2.24) is 15.1 Å². The lowest BCUT2D eigenvalue weighted by atomic mass is 9.96. The van der Waals surface area contributed by atoms with Gasteiger partial charge in [0.1, 0.15) is 0 Å². The van der Waals surface area contributed by atoms with E-state index >= 15 is 0 Å². The molecule has 0 bridgehead atoms. The Labute approximate surface area is 110 Å². The van der Waals surface area contributed by atoms with E-state index in [9.17, 15) is 0 Å². The van der Waals surface area contributed by atoms with E-state index in [2.05, 4.69) is 33.3 Å². The van der Waals surface area contributed by atoms with Crippen LogP contribution in [0.1, 0.15) is 57.7 Å². The first-order valence-electron chi connectivity index (χ1n) is 6.87. The molecule has 1 saturated carbocycles. The minimum Gasteiger partial charge on any atom is -0.296 e. The minimum atomic E-state index is -0.269. The van der Waals surface area contributed by atoms with Crippen LogP contribution < -0.4 is 5.32 Å². The first-order valence-corrected chi connectivity index (χ1v) is 6.87. The highest BCUT2D eigenvalue weighted by atomic mass is 15.3. The standard InChI is InChI=1S/C15H23N3/c1-4-15(2,3)16-12-13-10-11-18(17-13)14-8-6-5-7-9-14/h1,10-11,14,16H,5-9,12H2,2-3H3. The average molecular weight is 245 g/mol. The number of terminal acetylenes is 1. The first-order chi connectivity index (χ1) is 8.61. The molecule has 0 amide bonds. The van der Waals surface area contributed by atoms with Crippen molar-refractivity contribution >= 4 is 0 Å². The molecule has 0 aromatic carbocycles. The molecular formula is C15H23N3. The summed E-state index contributed by atoms with van der Waals surface area (Å²) in [5.41, 5.74) is 0.804. The van der Waals surface area contributed by atoms with Gasteiger partial charge in [-0.2, -0.15) is 5.10 Å². The molecule has 0 radical (unpaired) electrons. The summed E-state index contributed by atoms with van der Waals surface area (Å²) in [5.74, 6) is 2.74. The maximum absolute atomic E-state index is 5.45. The Morgan fingerprint density at radius 2 is 2.17 bits per heavy atom. The van der Waals surface area contributed by atoms with Crippen molar-refractivity contribution in [1.29, 1.82) is 0 Å². The van der Waals surface area contributed by atoms with E-state index < -0.39 is 0 Å². The molecule has 1 heterocycles. The molecule has 1 aliphatic rings. The van der Waals surface area contributed by atoms with Crippen LogP contribution in [0.3, 0.4) is 0 Å². The second kappa shape index (κ2) is 5.58. The molecule has 1 aromatic rings.